The third-order valence-electron chi connectivity index (χ3n) is 1.19. The predicted octanol–water partition coefficient (Wildman–Crippen LogP) is 0.818. The van der Waals surface area contributed by atoms with Crippen molar-refractivity contribution in [3.05, 3.63) is 29.8 Å². The first kappa shape index (κ1) is 11.4. The van der Waals surface area contributed by atoms with Crippen LogP contribution in [0.4, 0.5) is 5.69 Å². The summed E-state index contributed by atoms with van der Waals surface area (Å²) in [5.74, 6) is -0.833. The van der Waals surface area contributed by atoms with Gasteiger partial charge in [0.25, 0.3) is 5.97 Å². The van der Waals surface area contributed by atoms with Crippen molar-refractivity contribution in [2.24, 2.45) is 5.73 Å². The molecular weight excluding hydrogens is 168 g/mol. The van der Waals surface area contributed by atoms with E-state index in [-0.39, 0.29) is 0 Å². The van der Waals surface area contributed by atoms with Gasteiger partial charge in [-0.1, -0.05) is 12.1 Å². The summed E-state index contributed by atoms with van der Waals surface area (Å²) in [6.45, 7) is 1.64. The average molecular weight is 182 g/mol. The van der Waals surface area contributed by atoms with Crippen molar-refractivity contribution in [3.63, 3.8) is 0 Å². The van der Waals surface area contributed by atoms with E-state index in [2.05, 4.69) is 0 Å². The van der Waals surface area contributed by atoms with Crippen molar-refractivity contribution in [3.8, 4) is 0 Å². The normalized spacial score (nSPS) is 8.46. The first-order chi connectivity index (χ1) is 6.06. The maximum absolute atomic E-state index is 9.00. The van der Waals surface area contributed by atoms with Crippen molar-refractivity contribution in [1.82, 2.24) is 0 Å². The van der Waals surface area contributed by atoms with Gasteiger partial charge in [-0.3, -0.25) is 4.79 Å². The molecule has 0 amide bonds. The summed E-state index contributed by atoms with van der Waals surface area (Å²) >= 11 is 0. The molecule has 5 N–H and O–H groups in total. The third-order valence-corrected chi connectivity index (χ3v) is 1.19. The molecule has 0 saturated heterocycles. The fourth-order valence-electron chi connectivity index (χ4n) is 0.720. The summed E-state index contributed by atoms with van der Waals surface area (Å²) in [7, 11) is 0. The van der Waals surface area contributed by atoms with Gasteiger partial charge < -0.3 is 16.6 Å². The van der Waals surface area contributed by atoms with Crippen LogP contribution in [-0.4, -0.2) is 11.1 Å². The van der Waals surface area contributed by atoms with E-state index in [4.69, 9.17) is 21.4 Å². The third kappa shape index (κ3) is 6.83. The van der Waals surface area contributed by atoms with E-state index in [1.165, 1.54) is 0 Å². The van der Waals surface area contributed by atoms with Gasteiger partial charge in [-0.15, -0.1) is 0 Å². The average Bonchev–Trinajstić information content (AvgIpc) is 2.03. The molecule has 4 heteroatoms. The van der Waals surface area contributed by atoms with Crippen LogP contribution in [0.5, 0.6) is 0 Å². The lowest BCUT2D eigenvalue weighted by Gasteiger charge is -1.95. The summed E-state index contributed by atoms with van der Waals surface area (Å²) in [5, 5.41) is 7.42. The van der Waals surface area contributed by atoms with E-state index < -0.39 is 5.97 Å². The SMILES string of the molecule is CC(=O)O.NCc1cccc(N)c1. The van der Waals surface area contributed by atoms with Crippen LogP contribution in [0.2, 0.25) is 0 Å². The highest BCUT2D eigenvalue weighted by molar-refractivity contribution is 5.62. The molecule has 72 valence electrons. The van der Waals surface area contributed by atoms with Gasteiger partial charge in [-0.2, -0.15) is 0 Å². The Labute approximate surface area is 77.2 Å². The van der Waals surface area contributed by atoms with Crippen LogP contribution < -0.4 is 11.5 Å². The molecule has 0 heterocycles. The van der Waals surface area contributed by atoms with Gasteiger partial charge in [0, 0.05) is 19.2 Å². The zero-order chi connectivity index (χ0) is 10.3. The van der Waals surface area contributed by atoms with E-state index >= 15 is 0 Å². The van der Waals surface area contributed by atoms with Gasteiger partial charge in [-0.05, 0) is 17.7 Å². The highest BCUT2D eigenvalue weighted by atomic mass is 16.4. The molecule has 4 nitrogen and oxygen atoms in total. The molecular formula is C9H14N2O2. The quantitative estimate of drug-likeness (QED) is 0.561. The monoisotopic (exact) mass is 182 g/mol. The number of rotatable bonds is 1. The van der Waals surface area contributed by atoms with Crippen molar-refractivity contribution in [2.75, 3.05) is 5.73 Å². The van der Waals surface area contributed by atoms with Gasteiger partial charge >= 0.3 is 0 Å². The number of nitrogens with two attached hydrogens (primary N) is 2. The summed E-state index contributed by atoms with van der Waals surface area (Å²) in [6, 6.07) is 7.58. The molecule has 1 aromatic rings. The Morgan fingerprint density at radius 1 is 1.54 bits per heavy atom. The number of carboxylic acids is 1. The largest absolute Gasteiger partial charge is 0.481 e. The van der Waals surface area contributed by atoms with Crippen LogP contribution in [0.25, 0.3) is 0 Å². The number of nitrogen functional groups attached to an aromatic ring is 1. The van der Waals surface area contributed by atoms with Crippen LogP contribution in [0, 0.1) is 0 Å². The smallest absolute Gasteiger partial charge is 0.300 e. The number of hydrogen-bond acceptors (Lipinski definition) is 3. The minimum atomic E-state index is -0.833. The van der Waals surface area contributed by atoms with E-state index in [1.54, 1.807) is 0 Å². The molecule has 0 aliphatic heterocycles. The van der Waals surface area contributed by atoms with Gasteiger partial charge in [-0.25, -0.2) is 0 Å². The predicted molar refractivity (Wildman–Crippen MR) is 52.1 cm³/mol. The first-order valence-corrected chi connectivity index (χ1v) is 3.80. The molecule has 0 saturated carbocycles. The highest BCUT2D eigenvalue weighted by Gasteiger charge is 1.86. The fourth-order valence-corrected chi connectivity index (χ4v) is 0.720. The topological polar surface area (TPSA) is 89.3 Å². The minimum absolute atomic E-state index is 0.561. The lowest BCUT2D eigenvalue weighted by molar-refractivity contribution is -0.134. The van der Waals surface area contributed by atoms with Crippen molar-refractivity contribution < 1.29 is 9.90 Å². The second-order valence-corrected chi connectivity index (χ2v) is 2.47. The molecule has 0 spiro atoms. The zero-order valence-electron chi connectivity index (χ0n) is 7.53. The molecule has 0 bridgehead atoms. The summed E-state index contributed by atoms with van der Waals surface area (Å²) in [5.41, 5.74) is 12.7. The molecule has 0 radical (unpaired) electrons. The molecule has 0 aromatic heterocycles. The van der Waals surface area contributed by atoms with Crippen molar-refractivity contribution in [1.29, 1.82) is 0 Å². The molecule has 13 heavy (non-hydrogen) atoms. The Hall–Kier alpha value is -1.55. The lowest BCUT2D eigenvalue weighted by atomic mass is 10.2. The number of carboxylic acid groups (broad SMARTS) is 1. The molecule has 0 aliphatic carbocycles. The minimum Gasteiger partial charge on any atom is -0.481 e. The zero-order valence-corrected chi connectivity index (χ0v) is 7.53. The van der Waals surface area contributed by atoms with Crippen LogP contribution in [0.1, 0.15) is 12.5 Å². The second-order valence-electron chi connectivity index (χ2n) is 2.47. The van der Waals surface area contributed by atoms with Crippen LogP contribution in [0.15, 0.2) is 24.3 Å². The Morgan fingerprint density at radius 2 is 2.08 bits per heavy atom. The van der Waals surface area contributed by atoms with Gasteiger partial charge in [0.15, 0.2) is 0 Å². The molecule has 0 aliphatic rings. The number of hydrogen-bond donors (Lipinski definition) is 3. The molecule has 1 rings (SSSR count). The van der Waals surface area contributed by atoms with Crippen LogP contribution in [0.3, 0.4) is 0 Å². The van der Waals surface area contributed by atoms with E-state index in [0.29, 0.717) is 6.54 Å². The van der Waals surface area contributed by atoms with Gasteiger partial charge in [0.05, 0.1) is 0 Å². The summed E-state index contributed by atoms with van der Waals surface area (Å²) in [4.78, 5) is 9.00. The lowest BCUT2D eigenvalue weighted by Crippen LogP contribution is -1.96. The van der Waals surface area contributed by atoms with E-state index in [0.717, 1.165) is 18.2 Å². The van der Waals surface area contributed by atoms with Crippen molar-refractivity contribution in [2.45, 2.75) is 13.5 Å². The Bertz CT molecular complexity index is 270. The molecule has 0 unspecified atom stereocenters. The Morgan fingerprint density at radius 3 is 2.38 bits per heavy atom. The maximum atomic E-state index is 9.00. The Balaban J connectivity index is 0.000000310. The molecule has 1 aromatic carbocycles. The van der Waals surface area contributed by atoms with Gasteiger partial charge in [0.1, 0.15) is 0 Å². The second kappa shape index (κ2) is 6.02. The fraction of sp³-hybridized carbons (Fsp3) is 0.222. The number of anilines is 1. The van der Waals surface area contributed by atoms with Crippen LogP contribution in [-0.2, 0) is 11.3 Å². The van der Waals surface area contributed by atoms with E-state index in [1.807, 2.05) is 24.3 Å². The van der Waals surface area contributed by atoms with Gasteiger partial charge in [0.2, 0.25) is 0 Å². The van der Waals surface area contributed by atoms with E-state index in [9.17, 15) is 0 Å². The van der Waals surface area contributed by atoms with Crippen molar-refractivity contribution >= 4 is 11.7 Å². The number of carbonyl (C=O) groups is 1. The Kier molecular flexibility index (Phi) is 5.30. The van der Waals surface area contributed by atoms with Crippen LogP contribution >= 0.6 is 0 Å². The standard InChI is InChI=1S/C7H10N2.C2H4O2/c8-5-6-2-1-3-7(9)4-6;1-2(3)4/h1-4H,5,8-9H2;1H3,(H,3,4). The highest BCUT2D eigenvalue weighted by Crippen LogP contribution is 2.04. The first-order valence-electron chi connectivity index (χ1n) is 3.80. The summed E-state index contributed by atoms with van der Waals surface area (Å²) in [6.07, 6.45) is 0. The molecule has 0 atom stereocenters. The maximum Gasteiger partial charge on any atom is 0.300 e. The number of aliphatic carboxylic acids is 1. The summed E-state index contributed by atoms with van der Waals surface area (Å²) < 4.78 is 0. The number of benzene rings is 1. The molecule has 0 fully saturated rings.